The summed E-state index contributed by atoms with van der Waals surface area (Å²) in [7, 11) is 1.55. The Bertz CT molecular complexity index is 972. The molecule has 0 radical (unpaired) electrons. The van der Waals surface area contributed by atoms with Gasteiger partial charge in [0.05, 0.1) is 24.2 Å². The third kappa shape index (κ3) is 4.64. The van der Waals surface area contributed by atoms with Gasteiger partial charge < -0.3 is 10.1 Å². The number of carbonyl (C=O) groups excluding carboxylic acids is 1. The first-order valence-corrected chi connectivity index (χ1v) is 9.71. The summed E-state index contributed by atoms with van der Waals surface area (Å²) in [5, 5.41) is 4.13. The van der Waals surface area contributed by atoms with Crippen molar-refractivity contribution in [3.05, 3.63) is 64.9 Å². The van der Waals surface area contributed by atoms with Crippen LogP contribution in [0.4, 0.5) is 5.69 Å². The van der Waals surface area contributed by atoms with E-state index in [1.165, 1.54) is 17.3 Å². The maximum Gasteiger partial charge on any atom is 0.234 e. The lowest BCUT2D eigenvalue weighted by molar-refractivity contribution is -0.113. The van der Waals surface area contributed by atoms with E-state index < -0.39 is 0 Å². The zero-order chi connectivity index (χ0) is 19.4. The number of halogens is 1. The quantitative estimate of drug-likeness (QED) is 0.598. The van der Waals surface area contributed by atoms with E-state index in [-0.39, 0.29) is 11.7 Å². The molecule has 3 aromatic rings. The van der Waals surface area contributed by atoms with Crippen LogP contribution in [0.5, 0.6) is 5.75 Å². The molecule has 1 aromatic heterocycles. The van der Waals surface area contributed by atoms with Gasteiger partial charge in [0.2, 0.25) is 5.91 Å². The Kier molecular flexibility index (Phi) is 6.08. The number of thioether (sulfide) groups is 1. The number of benzene rings is 2. The van der Waals surface area contributed by atoms with Crippen LogP contribution in [0, 0.1) is 13.8 Å². The van der Waals surface area contributed by atoms with E-state index in [1.54, 1.807) is 31.5 Å². The van der Waals surface area contributed by atoms with Crippen molar-refractivity contribution in [3.8, 4) is 11.4 Å². The molecule has 0 fully saturated rings. The molecule has 0 aliphatic heterocycles. The molecule has 1 N–H and O–H groups in total. The van der Waals surface area contributed by atoms with Gasteiger partial charge in [0.1, 0.15) is 5.75 Å². The number of ether oxygens (including phenoxy) is 1. The van der Waals surface area contributed by atoms with E-state index in [0.717, 1.165) is 16.4 Å². The van der Waals surface area contributed by atoms with Gasteiger partial charge in [0.25, 0.3) is 0 Å². The number of hydrogen-bond acceptors (Lipinski definition) is 4. The van der Waals surface area contributed by atoms with Crippen molar-refractivity contribution < 1.29 is 9.53 Å². The van der Waals surface area contributed by atoms with Gasteiger partial charge in [-0.1, -0.05) is 35.5 Å². The molecule has 2 aromatic carbocycles. The fraction of sp³-hybridized carbons (Fsp3) is 0.200. The monoisotopic (exact) mass is 401 g/mol. The summed E-state index contributed by atoms with van der Waals surface area (Å²) < 4.78 is 7.26. The summed E-state index contributed by atoms with van der Waals surface area (Å²) in [5.41, 5.74) is 3.93. The molecule has 1 heterocycles. The van der Waals surface area contributed by atoms with Crippen LogP contribution in [0.2, 0.25) is 5.02 Å². The number of anilines is 1. The number of methoxy groups -OCH3 is 1. The summed E-state index contributed by atoms with van der Waals surface area (Å²) in [5.74, 6) is 0.628. The van der Waals surface area contributed by atoms with Gasteiger partial charge in [0, 0.05) is 17.4 Å². The van der Waals surface area contributed by atoms with Gasteiger partial charge in [-0.25, -0.2) is 4.98 Å². The molecule has 5 nitrogen and oxygen atoms in total. The Morgan fingerprint density at radius 1 is 1.26 bits per heavy atom. The van der Waals surface area contributed by atoms with Crippen LogP contribution in [-0.4, -0.2) is 28.3 Å². The fourth-order valence-electron chi connectivity index (χ4n) is 2.65. The Balaban J connectivity index is 1.71. The van der Waals surface area contributed by atoms with Crippen LogP contribution in [0.3, 0.4) is 0 Å². The highest BCUT2D eigenvalue weighted by atomic mass is 35.5. The van der Waals surface area contributed by atoms with Crippen LogP contribution in [-0.2, 0) is 4.79 Å². The minimum Gasteiger partial charge on any atom is -0.495 e. The predicted octanol–water partition coefficient (Wildman–Crippen LogP) is 4.88. The van der Waals surface area contributed by atoms with Gasteiger partial charge in [-0.3, -0.25) is 9.36 Å². The number of imidazole rings is 1. The molecule has 0 saturated heterocycles. The van der Waals surface area contributed by atoms with E-state index in [0.29, 0.717) is 16.5 Å². The van der Waals surface area contributed by atoms with Crippen LogP contribution in [0.1, 0.15) is 11.1 Å². The highest BCUT2D eigenvalue weighted by Gasteiger charge is 2.13. The summed E-state index contributed by atoms with van der Waals surface area (Å²) in [6, 6.07) is 11.4. The van der Waals surface area contributed by atoms with E-state index in [4.69, 9.17) is 16.3 Å². The van der Waals surface area contributed by atoms with Crippen LogP contribution in [0.15, 0.2) is 53.9 Å². The molecule has 0 saturated carbocycles. The predicted molar refractivity (Wildman–Crippen MR) is 110 cm³/mol. The molecule has 0 aliphatic rings. The highest BCUT2D eigenvalue weighted by Crippen LogP contribution is 2.28. The van der Waals surface area contributed by atoms with Crippen molar-refractivity contribution >= 4 is 35.0 Å². The highest BCUT2D eigenvalue weighted by molar-refractivity contribution is 7.99. The van der Waals surface area contributed by atoms with Crippen molar-refractivity contribution in [2.75, 3.05) is 18.2 Å². The van der Waals surface area contributed by atoms with E-state index in [2.05, 4.69) is 42.3 Å². The zero-order valence-corrected chi connectivity index (χ0v) is 16.9. The van der Waals surface area contributed by atoms with Crippen molar-refractivity contribution in [2.24, 2.45) is 0 Å². The second kappa shape index (κ2) is 8.50. The molecule has 0 bridgehead atoms. The molecule has 0 unspecified atom stereocenters. The lowest BCUT2D eigenvalue weighted by atomic mass is 10.1. The van der Waals surface area contributed by atoms with Gasteiger partial charge in [-0.2, -0.15) is 0 Å². The number of amides is 1. The normalized spacial score (nSPS) is 10.7. The number of carbonyl (C=O) groups is 1. The molecule has 1 amide bonds. The summed E-state index contributed by atoms with van der Waals surface area (Å²) in [6.45, 7) is 4.11. The molecule has 140 valence electrons. The summed E-state index contributed by atoms with van der Waals surface area (Å²) >= 11 is 7.38. The topological polar surface area (TPSA) is 56.1 Å². The fourth-order valence-corrected chi connectivity index (χ4v) is 3.59. The first kappa shape index (κ1) is 19.3. The van der Waals surface area contributed by atoms with Crippen molar-refractivity contribution in [2.45, 2.75) is 19.0 Å². The first-order valence-electron chi connectivity index (χ1n) is 8.35. The average Bonchev–Trinajstić information content (AvgIpc) is 3.10. The summed E-state index contributed by atoms with van der Waals surface area (Å²) in [4.78, 5) is 16.8. The van der Waals surface area contributed by atoms with Crippen molar-refractivity contribution in [3.63, 3.8) is 0 Å². The van der Waals surface area contributed by atoms with Gasteiger partial charge in [-0.05, 0) is 49.2 Å². The third-order valence-corrected chi connectivity index (χ3v) is 5.20. The zero-order valence-electron chi connectivity index (χ0n) is 15.3. The first-order chi connectivity index (χ1) is 13.0. The Morgan fingerprint density at radius 2 is 2.07 bits per heavy atom. The smallest absolute Gasteiger partial charge is 0.234 e. The number of rotatable bonds is 6. The SMILES string of the molecule is COc1ccc(Cl)cc1NC(=O)CSc1nccn1-c1cc(C)ccc1C. The molecule has 0 aliphatic carbocycles. The van der Waals surface area contributed by atoms with Gasteiger partial charge >= 0.3 is 0 Å². The second-order valence-electron chi connectivity index (χ2n) is 6.05. The molecule has 7 heteroatoms. The molecule has 27 heavy (non-hydrogen) atoms. The van der Waals surface area contributed by atoms with Crippen LogP contribution in [0.25, 0.3) is 5.69 Å². The number of aryl methyl sites for hydroxylation is 2. The molecule has 0 atom stereocenters. The van der Waals surface area contributed by atoms with Gasteiger partial charge in [0.15, 0.2) is 5.16 Å². The average molecular weight is 402 g/mol. The number of hydrogen-bond donors (Lipinski definition) is 1. The third-order valence-electron chi connectivity index (χ3n) is 4.00. The lowest BCUT2D eigenvalue weighted by Gasteiger charge is -2.12. The number of nitrogens with one attached hydrogen (secondary N) is 1. The maximum atomic E-state index is 12.4. The molecular formula is C20H20ClN3O2S. The Labute approximate surface area is 167 Å². The molecular weight excluding hydrogens is 382 g/mol. The second-order valence-corrected chi connectivity index (χ2v) is 7.43. The number of aromatic nitrogens is 2. The van der Waals surface area contributed by atoms with Crippen molar-refractivity contribution in [1.82, 2.24) is 9.55 Å². The molecule has 0 spiro atoms. The lowest BCUT2D eigenvalue weighted by Crippen LogP contribution is -2.15. The van der Waals surface area contributed by atoms with E-state index in [1.807, 2.05) is 10.8 Å². The van der Waals surface area contributed by atoms with Gasteiger partial charge in [-0.15, -0.1) is 0 Å². The van der Waals surface area contributed by atoms with Crippen molar-refractivity contribution in [1.29, 1.82) is 0 Å². The maximum absolute atomic E-state index is 12.4. The van der Waals surface area contributed by atoms with E-state index >= 15 is 0 Å². The van der Waals surface area contributed by atoms with Crippen LogP contribution >= 0.6 is 23.4 Å². The standard InChI is InChI=1S/C20H20ClN3O2S/c1-13-4-5-14(2)17(10-13)24-9-8-22-20(24)27-12-19(25)23-16-11-15(21)6-7-18(16)26-3/h4-11H,12H2,1-3H3,(H,23,25). The molecule has 3 rings (SSSR count). The minimum atomic E-state index is -0.156. The number of nitrogens with zero attached hydrogens (tertiary/aromatic N) is 2. The van der Waals surface area contributed by atoms with Crippen LogP contribution < -0.4 is 10.1 Å². The Hall–Kier alpha value is -2.44. The van der Waals surface area contributed by atoms with E-state index in [9.17, 15) is 4.79 Å². The minimum absolute atomic E-state index is 0.156. The largest absolute Gasteiger partial charge is 0.495 e. The summed E-state index contributed by atoms with van der Waals surface area (Å²) in [6.07, 6.45) is 3.64. The Morgan fingerprint density at radius 3 is 2.85 bits per heavy atom.